The molecule has 0 aliphatic heterocycles. The number of carbonyl (C=O) groups excluding carboxylic acids is 1. The molecule has 110 valence electrons. The Labute approximate surface area is 126 Å². The van der Waals surface area contributed by atoms with Crippen LogP contribution in [0.5, 0.6) is 0 Å². The molecule has 0 atom stereocenters. The third kappa shape index (κ3) is 3.23. The van der Waals surface area contributed by atoms with Gasteiger partial charge in [0.05, 0.1) is 11.9 Å². The number of hydrogen-bond donors (Lipinski definition) is 0. The van der Waals surface area contributed by atoms with Crippen molar-refractivity contribution in [2.45, 2.75) is 44.9 Å². The first-order valence-electron chi connectivity index (χ1n) is 8.00. The molecule has 0 unspecified atom stereocenters. The van der Waals surface area contributed by atoms with Crippen molar-refractivity contribution in [3.05, 3.63) is 48.3 Å². The normalized spacial score (nSPS) is 17.1. The Bertz CT molecular complexity index is 580. The Morgan fingerprint density at radius 3 is 2.33 bits per heavy atom. The second-order valence-electron chi connectivity index (χ2n) is 5.87. The van der Waals surface area contributed by atoms with Gasteiger partial charge < -0.3 is 0 Å². The zero-order chi connectivity index (χ0) is 14.5. The summed E-state index contributed by atoms with van der Waals surface area (Å²) in [5.74, 6) is 0.433. The lowest BCUT2D eigenvalue weighted by Gasteiger charge is -2.19. The van der Waals surface area contributed by atoms with Gasteiger partial charge in [0, 0.05) is 5.92 Å². The maximum Gasteiger partial charge on any atom is 0.184 e. The minimum absolute atomic E-state index is 0.171. The molecular weight excluding hydrogens is 260 g/mol. The van der Waals surface area contributed by atoms with Gasteiger partial charge in [-0.1, -0.05) is 50.3 Å². The first-order chi connectivity index (χ1) is 10.4. The Morgan fingerprint density at radius 1 is 0.952 bits per heavy atom. The van der Waals surface area contributed by atoms with Crippen molar-refractivity contribution in [3.8, 4) is 5.69 Å². The SMILES string of the molecule is O=C(c1ccnn1-c1ccccc1)C1CCCCCCC1. The Hall–Kier alpha value is -1.90. The summed E-state index contributed by atoms with van der Waals surface area (Å²) in [6.07, 6.45) is 9.98. The summed E-state index contributed by atoms with van der Waals surface area (Å²) >= 11 is 0. The van der Waals surface area contributed by atoms with E-state index in [1.165, 1.54) is 32.1 Å². The third-order valence-corrected chi connectivity index (χ3v) is 4.37. The summed E-state index contributed by atoms with van der Waals surface area (Å²) in [6, 6.07) is 11.8. The van der Waals surface area contributed by atoms with E-state index in [0.717, 1.165) is 24.2 Å². The fourth-order valence-corrected chi connectivity index (χ4v) is 3.19. The van der Waals surface area contributed by atoms with Gasteiger partial charge in [-0.25, -0.2) is 4.68 Å². The predicted molar refractivity (Wildman–Crippen MR) is 83.7 cm³/mol. The zero-order valence-electron chi connectivity index (χ0n) is 12.4. The lowest BCUT2D eigenvalue weighted by atomic mass is 9.87. The molecule has 1 saturated carbocycles. The van der Waals surface area contributed by atoms with Crippen LogP contribution in [0.2, 0.25) is 0 Å². The second-order valence-corrected chi connectivity index (χ2v) is 5.87. The van der Waals surface area contributed by atoms with Gasteiger partial charge in [-0.2, -0.15) is 5.10 Å². The van der Waals surface area contributed by atoms with Gasteiger partial charge in [0.25, 0.3) is 0 Å². The van der Waals surface area contributed by atoms with Crippen LogP contribution < -0.4 is 0 Å². The number of rotatable bonds is 3. The molecular formula is C18H22N2O. The molecule has 1 heterocycles. The highest BCUT2D eigenvalue weighted by Crippen LogP contribution is 2.26. The van der Waals surface area contributed by atoms with Crippen molar-refractivity contribution in [1.82, 2.24) is 9.78 Å². The van der Waals surface area contributed by atoms with E-state index in [2.05, 4.69) is 5.10 Å². The number of carbonyl (C=O) groups is 1. The number of Topliss-reactive ketones (excluding diaryl/α,β-unsaturated/α-hetero) is 1. The Balaban J connectivity index is 1.83. The molecule has 0 amide bonds. The molecule has 1 aromatic heterocycles. The quantitative estimate of drug-likeness (QED) is 0.781. The van der Waals surface area contributed by atoms with E-state index in [-0.39, 0.29) is 11.7 Å². The summed E-state index contributed by atoms with van der Waals surface area (Å²) in [5, 5.41) is 4.34. The lowest BCUT2D eigenvalue weighted by molar-refractivity contribution is 0.0890. The third-order valence-electron chi connectivity index (χ3n) is 4.37. The molecule has 1 aliphatic carbocycles. The molecule has 0 N–H and O–H groups in total. The Kier molecular flexibility index (Phi) is 4.49. The molecule has 0 saturated heterocycles. The van der Waals surface area contributed by atoms with E-state index in [1.54, 1.807) is 10.9 Å². The summed E-state index contributed by atoms with van der Waals surface area (Å²) in [6.45, 7) is 0. The van der Waals surface area contributed by atoms with Crippen LogP contribution in [0.15, 0.2) is 42.6 Å². The van der Waals surface area contributed by atoms with Crippen molar-refractivity contribution >= 4 is 5.78 Å². The lowest BCUT2D eigenvalue weighted by Crippen LogP contribution is -2.19. The fraction of sp³-hybridized carbons (Fsp3) is 0.444. The Morgan fingerprint density at radius 2 is 1.62 bits per heavy atom. The van der Waals surface area contributed by atoms with E-state index in [0.29, 0.717) is 0 Å². The minimum Gasteiger partial charge on any atom is -0.292 e. The van der Waals surface area contributed by atoms with Crippen LogP contribution in [0.25, 0.3) is 5.69 Å². The van der Waals surface area contributed by atoms with Crippen LogP contribution in [-0.4, -0.2) is 15.6 Å². The van der Waals surface area contributed by atoms with Gasteiger partial charge in [0.15, 0.2) is 5.78 Å². The van der Waals surface area contributed by atoms with Crippen LogP contribution >= 0.6 is 0 Å². The van der Waals surface area contributed by atoms with Crippen molar-refractivity contribution in [2.75, 3.05) is 0 Å². The minimum atomic E-state index is 0.171. The van der Waals surface area contributed by atoms with E-state index in [4.69, 9.17) is 0 Å². The summed E-state index contributed by atoms with van der Waals surface area (Å²) in [7, 11) is 0. The highest BCUT2D eigenvalue weighted by molar-refractivity contribution is 5.96. The number of ketones is 1. The predicted octanol–water partition coefficient (Wildman–Crippen LogP) is 4.42. The molecule has 0 radical (unpaired) electrons. The molecule has 0 bridgehead atoms. The second kappa shape index (κ2) is 6.70. The van der Waals surface area contributed by atoms with Crippen LogP contribution in [0.4, 0.5) is 0 Å². The largest absolute Gasteiger partial charge is 0.292 e. The molecule has 21 heavy (non-hydrogen) atoms. The number of benzene rings is 1. The molecule has 3 rings (SSSR count). The van der Waals surface area contributed by atoms with Gasteiger partial charge in [-0.05, 0) is 31.0 Å². The van der Waals surface area contributed by atoms with E-state index in [9.17, 15) is 4.79 Å². The molecule has 3 heteroatoms. The highest BCUT2D eigenvalue weighted by Gasteiger charge is 2.23. The number of para-hydroxylation sites is 1. The van der Waals surface area contributed by atoms with Crippen molar-refractivity contribution in [3.63, 3.8) is 0 Å². The van der Waals surface area contributed by atoms with Gasteiger partial charge in [0.2, 0.25) is 0 Å². The maximum atomic E-state index is 12.9. The zero-order valence-corrected chi connectivity index (χ0v) is 12.4. The van der Waals surface area contributed by atoms with Crippen molar-refractivity contribution in [1.29, 1.82) is 0 Å². The van der Waals surface area contributed by atoms with Gasteiger partial charge in [-0.3, -0.25) is 4.79 Å². The summed E-state index contributed by atoms with van der Waals surface area (Å²) in [4.78, 5) is 12.9. The average molecular weight is 282 g/mol. The van der Waals surface area contributed by atoms with Gasteiger partial charge in [0.1, 0.15) is 5.69 Å². The molecule has 1 fully saturated rings. The highest BCUT2D eigenvalue weighted by atomic mass is 16.1. The van der Waals surface area contributed by atoms with Crippen LogP contribution in [-0.2, 0) is 0 Å². The smallest absolute Gasteiger partial charge is 0.184 e. The monoisotopic (exact) mass is 282 g/mol. The van der Waals surface area contributed by atoms with Crippen LogP contribution in [0.3, 0.4) is 0 Å². The van der Waals surface area contributed by atoms with E-state index in [1.807, 2.05) is 36.4 Å². The number of nitrogens with zero attached hydrogens (tertiary/aromatic N) is 2. The molecule has 2 aromatic rings. The molecule has 3 nitrogen and oxygen atoms in total. The standard InChI is InChI=1S/C18H22N2O/c21-18(15-9-5-2-1-3-6-10-15)17-13-14-19-20(17)16-11-7-4-8-12-16/h4,7-8,11-15H,1-3,5-6,9-10H2. The summed E-state index contributed by atoms with van der Waals surface area (Å²) < 4.78 is 1.78. The average Bonchev–Trinajstić information content (AvgIpc) is 2.96. The molecule has 0 spiro atoms. The van der Waals surface area contributed by atoms with E-state index < -0.39 is 0 Å². The van der Waals surface area contributed by atoms with Crippen LogP contribution in [0, 0.1) is 5.92 Å². The molecule has 1 aromatic carbocycles. The number of hydrogen-bond acceptors (Lipinski definition) is 2. The van der Waals surface area contributed by atoms with Crippen molar-refractivity contribution in [2.24, 2.45) is 5.92 Å². The maximum absolute atomic E-state index is 12.9. The van der Waals surface area contributed by atoms with Gasteiger partial charge >= 0.3 is 0 Å². The summed E-state index contributed by atoms with van der Waals surface area (Å²) in [5.41, 5.74) is 1.68. The van der Waals surface area contributed by atoms with E-state index >= 15 is 0 Å². The first-order valence-corrected chi connectivity index (χ1v) is 8.00. The first kappa shape index (κ1) is 14.1. The van der Waals surface area contributed by atoms with Gasteiger partial charge in [-0.15, -0.1) is 0 Å². The number of aromatic nitrogens is 2. The molecule has 1 aliphatic rings. The van der Waals surface area contributed by atoms with Crippen LogP contribution in [0.1, 0.15) is 55.4 Å². The fourth-order valence-electron chi connectivity index (χ4n) is 3.19. The topological polar surface area (TPSA) is 34.9 Å². The van der Waals surface area contributed by atoms with Crippen molar-refractivity contribution < 1.29 is 4.79 Å².